The standard InChI is InChI=1S/C21H23ClN2O3/c22-17-10-4-6-12-19(17)27-15-20(25)23-18-11-5-3-9-16(18)21(26)24-13-7-1-2-8-14-24/h3-6,9-12H,1-2,7-8,13-15H2,(H,23,25). The van der Waals surface area contributed by atoms with Gasteiger partial charge in [0.05, 0.1) is 16.3 Å². The summed E-state index contributed by atoms with van der Waals surface area (Å²) >= 11 is 6.03. The van der Waals surface area contributed by atoms with Gasteiger partial charge in [0.25, 0.3) is 11.8 Å². The highest BCUT2D eigenvalue weighted by Gasteiger charge is 2.20. The number of hydrogen-bond acceptors (Lipinski definition) is 3. The Kier molecular flexibility index (Phi) is 6.71. The van der Waals surface area contributed by atoms with E-state index in [2.05, 4.69) is 5.32 Å². The van der Waals surface area contributed by atoms with Crippen LogP contribution in [0, 0.1) is 0 Å². The number of carbonyl (C=O) groups excluding carboxylic acids is 2. The maximum Gasteiger partial charge on any atom is 0.262 e. The van der Waals surface area contributed by atoms with E-state index in [9.17, 15) is 9.59 Å². The van der Waals surface area contributed by atoms with Crippen LogP contribution in [0.4, 0.5) is 5.69 Å². The second kappa shape index (κ2) is 9.42. The Morgan fingerprint density at radius 2 is 1.63 bits per heavy atom. The summed E-state index contributed by atoms with van der Waals surface area (Å²) in [5.41, 5.74) is 1.00. The molecule has 1 saturated heterocycles. The molecule has 1 heterocycles. The fourth-order valence-electron chi connectivity index (χ4n) is 3.11. The van der Waals surface area contributed by atoms with Gasteiger partial charge in [-0.1, -0.05) is 48.7 Å². The van der Waals surface area contributed by atoms with Crippen molar-refractivity contribution in [2.45, 2.75) is 25.7 Å². The van der Waals surface area contributed by atoms with Crippen molar-refractivity contribution in [1.29, 1.82) is 0 Å². The molecule has 1 N–H and O–H groups in total. The highest BCUT2D eigenvalue weighted by Crippen LogP contribution is 2.23. The number of carbonyl (C=O) groups is 2. The topological polar surface area (TPSA) is 58.6 Å². The minimum atomic E-state index is -0.342. The molecule has 2 amide bonds. The van der Waals surface area contributed by atoms with Crippen LogP contribution in [-0.4, -0.2) is 36.4 Å². The molecule has 0 aromatic heterocycles. The average Bonchev–Trinajstić information content (AvgIpc) is 2.97. The summed E-state index contributed by atoms with van der Waals surface area (Å²) in [6.07, 6.45) is 4.35. The number of likely N-dealkylation sites (tertiary alicyclic amines) is 1. The summed E-state index contributed by atoms with van der Waals surface area (Å²) in [7, 11) is 0. The van der Waals surface area contributed by atoms with Gasteiger partial charge in [-0.3, -0.25) is 9.59 Å². The minimum absolute atomic E-state index is 0.0418. The van der Waals surface area contributed by atoms with Gasteiger partial charge in [-0.15, -0.1) is 0 Å². The third-order valence-corrected chi connectivity index (χ3v) is 4.83. The number of para-hydroxylation sites is 2. The first-order valence-corrected chi connectivity index (χ1v) is 9.58. The maximum atomic E-state index is 12.9. The molecule has 0 bridgehead atoms. The number of ether oxygens (including phenoxy) is 1. The third-order valence-electron chi connectivity index (χ3n) is 4.52. The molecule has 0 unspecified atom stereocenters. The van der Waals surface area contributed by atoms with E-state index in [1.54, 1.807) is 48.5 Å². The van der Waals surface area contributed by atoms with Gasteiger partial charge < -0.3 is 15.0 Å². The Morgan fingerprint density at radius 1 is 0.963 bits per heavy atom. The van der Waals surface area contributed by atoms with Gasteiger partial charge in [-0.05, 0) is 37.1 Å². The summed E-state index contributed by atoms with van der Waals surface area (Å²) in [5.74, 6) is 0.0640. The number of halogens is 1. The number of amides is 2. The maximum absolute atomic E-state index is 12.9. The molecule has 3 rings (SSSR count). The highest BCUT2D eigenvalue weighted by atomic mass is 35.5. The molecular formula is C21H23ClN2O3. The van der Waals surface area contributed by atoms with Gasteiger partial charge in [-0.25, -0.2) is 0 Å². The van der Waals surface area contributed by atoms with Crippen molar-refractivity contribution in [3.63, 3.8) is 0 Å². The molecule has 1 aliphatic rings. The Hall–Kier alpha value is -2.53. The van der Waals surface area contributed by atoms with Crippen LogP contribution in [0.25, 0.3) is 0 Å². The lowest BCUT2D eigenvalue weighted by Crippen LogP contribution is -2.33. The van der Waals surface area contributed by atoms with Crippen molar-refractivity contribution in [1.82, 2.24) is 4.90 Å². The Labute approximate surface area is 164 Å². The van der Waals surface area contributed by atoms with Crippen LogP contribution in [0.3, 0.4) is 0 Å². The second-order valence-electron chi connectivity index (χ2n) is 6.52. The predicted octanol–water partition coefficient (Wildman–Crippen LogP) is 4.37. The van der Waals surface area contributed by atoms with E-state index < -0.39 is 0 Å². The van der Waals surface area contributed by atoms with Crippen molar-refractivity contribution < 1.29 is 14.3 Å². The summed E-state index contributed by atoms with van der Waals surface area (Å²) < 4.78 is 5.46. The first-order chi connectivity index (χ1) is 13.1. The summed E-state index contributed by atoms with van der Waals surface area (Å²) in [5, 5.41) is 3.23. The van der Waals surface area contributed by atoms with Crippen LogP contribution < -0.4 is 10.1 Å². The molecule has 2 aromatic rings. The van der Waals surface area contributed by atoms with E-state index in [0.29, 0.717) is 22.0 Å². The fraction of sp³-hybridized carbons (Fsp3) is 0.333. The number of anilines is 1. The van der Waals surface area contributed by atoms with Gasteiger partial charge in [-0.2, -0.15) is 0 Å². The fourth-order valence-corrected chi connectivity index (χ4v) is 3.30. The average molecular weight is 387 g/mol. The predicted molar refractivity (Wildman–Crippen MR) is 106 cm³/mol. The quantitative estimate of drug-likeness (QED) is 0.829. The molecule has 1 aliphatic heterocycles. The largest absolute Gasteiger partial charge is 0.482 e. The van der Waals surface area contributed by atoms with Gasteiger partial charge in [0.2, 0.25) is 0 Å². The zero-order chi connectivity index (χ0) is 19.1. The number of benzene rings is 2. The van der Waals surface area contributed by atoms with Gasteiger partial charge in [0.1, 0.15) is 5.75 Å². The van der Waals surface area contributed by atoms with Crippen molar-refractivity contribution in [3.8, 4) is 5.75 Å². The molecule has 0 saturated carbocycles. The minimum Gasteiger partial charge on any atom is -0.482 e. The van der Waals surface area contributed by atoms with Gasteiger partial charge >= 0.3 is 0 Å². The lowest BCUT2D eigenvalue weighted by Gasteiger charge is -2.22. The molecule has 0 spiro atoms. The Balaban J connectivity index is 1.65. The molecule has 2 aromatic carbocycles. The number of nitrogens with one attached hydrogen (secondary N) is 1. The summed E-state index contributed by atoms with van der Waals surface area (Å²) in [6, 6.07) is 14.1. The molecule has 27 heavy (non-hydrogen) atoms. The van der Waals surface area contributed by atoms with E-state index in [1.807, 2.05) is 4.90 Å². The molecule has 5 nitrogen and oxygen atoms in total. The monoisotopic (exact) mass is 386 g/mol. The molecule has 0 radical (unpaired) electrons. The normalized spacial score (nSPS) is 14.3. The zero-order valence-corrected chi connectivity index (χ0v) is 15.9. The molecular weight excluding hydrogens is 364 g/mol. The molecule has 0 atom stereocenters. The zero-order valence-electron chi connectivity index (χ0n) is 15.1. The number of hydrogen-bond donors (Lipinski definition) is 1. The van der Waals surface area contributed by atoms with Crippen LogP contribution in [0.2, 0.25) is 5.02 Å². The van der Waals surface area contributed by atoms with E-state index in [0.717, 1.165) is 38.8 Å². The molecule has 6 heteroatoms. The summed E-state index contributed by atoms with van der Waals surface area (Å²) in [4.78, 5) is 27.1. The van der Waals surface area contributed by atoms with Crippen LogP contribution in [0.15, 0.2) is 48.5 Å². The van der Waals surface area contributed by atoms with Crippen molar-refractivity contribution in [3.05, 3.63) is 59.1 Å². The number of rotatable bonds is 5. The van der Waals surface area contributed by atoms with E-state index >= 15 is 0 Å². The first kappa shape index (κ1) is 19.2. The smallest absolute Gasteiger partial charge is 0.262 e. The van der Waals surface area contributed by atoms with Crippen LogP contribution in [0.1, 0.15) is 36.0 Å². The first-order valence-electron chi connectivity index (χ1n) is 9.20. The Bertz CT molecular complexity index is 802. The number of nitrogens with zero attached hydrogens (tertiary/aromatic N) is 1. The second-order valence-corrected chi connectivity index (χ2v) is 6.93. The van der Waals surface area contributed by atoms with Crippen molar-refractivity contribution >= 4 is 29.1 Å². The van der Waals surface area contributed by atoms with Gasteiger partial charge in [0, 0.05) is 13.1 Å². The van der Waals surface area contributed by atoms with E-state index in [1.165, 1.54) is 0 Å². The third kappa shape index (κ3) is 5.23. The van der Waals surface area contributed by atoms with Gasteiger partial charge in [0.15, 0.2) is 6.61 Å². The molecule has 1 fully saturated rings. The molecule has 142 valence electrons. The van der Waals surface area contributed by atoms with E-state index in [4.69, 9.17) is 16.3 Å². The molecule has 0 aliphatic carbocycles. The van der Waals surface area contributed by atoms with Crippen molar-refractivity contribution in [2.24, 2.45) is 0 Å². The lowest BCUT2D eigenvalue weighted by molar-refractivity contribution is -0.118. The van der Waals surface area contributed by atoms with Crippen molar-refractivity contribution in [2.75, 3.05) is 25.0 Å². The summed E-state index contributed by atoms with van der Waals surface area (Å²) in [6.45, 7) is 1.34. The van der Waals surface area contributed by atoms with Crippen LogP contribution in [-0.2, 0) is 4.79 Å². The van der Waals surface area contributed by atoms with Crippen LogP contribution >= 0.6 is 11.6 Å². The van der Waals surface area contributed by atoms with E-state index in [-0.39, 0.29) is 18.4 Å². The highest BCUT2D eigenvalue weighted by molar-refractivity contribution is 6.32. The lowest BCUT2D eigenvalue weighted by atomic mass is 10.1. The SMILES string of the molecule is O=C(COc1ccccc1Cl)Nc1ccccc1C(=O)N1CCCCCC1. The Morgan fingerprint density at radius 3 is 2.37 bits per heavy atom. The van der Waals surface area contributed by atoms with Crippen LogP contribution in [0.5, 0.6) is 5.75 Å².